The lowest BCUT2D eigenvalue weighted by molar-refractivity contribution is -0.119. The van der Waals surface area contributed by atoms with Crippen LogP contribution in [0.5, 0.6) is 5.75 Å². The smallest absolute Gasteiger partial charge is 0.255 e. The van der Waals surface area contributed by atoms with Crippen molar-refractivity contribution < 1.29 is 14.3 Å². The van der Waals surface area contributed by atoms with Gasteiger partial charge in [0.25, 0.3) is 11.8 Å². The molecule has 2 aliphatic rings. The molecular formula is C38H45N5O3. The van der Waals surface area contributed by atoms with Gasteiger partial charge in [-0.1, -0.05) is 74.0 Å². The predicted molar refractivity (Wildman–Crippen MR) is 183 cm³/mol. The lowest BCUT2D eigenvalue weighted by Crippen LogP contribution is -2.46. The molecule has 3 heterocycles. The third kappa shape index (κ3) is 7.40. The lowest BCUT2D eigenvalue weighted by Gasteiger charge is -2.40. The third-order valence-electron chi connectivity index (χ3n) is 9.48. The molecule has 0 bridgehead atoms. The van der Waals surface area contributed by atoms with E-state index in [1.54, 1.807) is 12.1 Å². The normalized spacial score (nSPS) is 17.1. The van der Waals surface area contributed by atoms with Crippen molar-refractivity contribution in [2.24, 2.45) is 5.73 Å². The Morgan fingerprint density at radius 3 is 2.30 bits per heavy atom. The van der Waals surface area contributed by atoms with E-state index in [0.717, 1.165) is 60.1 Å². The van der Waals surface area contributed by atoms with E-state index in [4.69, 9.17) is 15.5 Å². The Labute approximate surface area is 271 Å². The number of carbonyl (C=O) groups excluding carboxylic acids is 2. The molecule has 4 aromatic rings. The Morgan fingerprint density at radius 2 is 1.63 bits per heavy atom. The summed E-state index contributed by atoms with van der Waals surface area (Å²) in [6, 6.07) is 26.2. The number of hydrogen-bond acceptors (Lipinski definition) is 6. The van der Waals surface area contributed by atoms with Gasteiger partial charge in [-0.3, -0.25) is 14.5 Å². The van der Waals surface area contributed by atoms with Crippen molar-refractivity contribution in [1.82, 2.24) is 20.1 Å². The summed E-state index contributed by atoms with van der Waals surface area (Å²) in [5.41, 5.74) is 10.4. The summed E-state index contributed by atoms with van der Waals surface area (Å²) in [7, 11) is 0. The Kier molecular flexibility index (Phi) is 10.3. The topological polar surface area (TPSA) is 101 Å². The van der Waals surface area contributed by atoms with E-state index in [0.29, 0.717) is 29.4 Å². The van der Waals surface area contributed by atoms with Crippen LogP contribution in [0.3, 0.4) is 0 Å². The number of pyridine rings is 1. The molecule has 1 atom stereocenters. The Balaban J connectivity index is 1.41. The molecule has 8 heteroatoms. The van der Waals surface area contributed by atoms with E-state index >= 15 is 0 Å². The minimum Gasteiger partial charge on any atom is -0.484 e. The first-order chi connectivity index (χ1) is 22.5. The van der Waals surface area contributed by atoms with Gasteiger partial charge in [0.15, 0.2) is 6.61 Å². The first-order valence-electron chi connectivity index (χ1n) is 16.8. The first kappa shape index (κ1) is 31.7. The first-order valence-corrected chi connectivity index (χ1v) is 16.8. The second-order valence-electron chi connectivity index (χ2n) is 12.6. The number of nitrogens with zero attached hydrogens (tertiary/aromatic N) is 3. The van der Waals surface area contributed by atoms with Crippen LogP contribution in [-0.2, 0) is 11.3 Å². The van der Waals surface area contributed by atoms with Gasteiger partial charge in [-0.15, -0.1) is 0 Å². The maximum Gasteiger partial charge on any atom is 0.255 e. The van der Waals surface area contributed by atoms with Crippen molar-refractivity contribution >= 4 is 22.7 Å². The molecule has 2 amide bonds. The van der Waals surface area contributed by atoms with Gasteiger partial charge in [0, 0.05) is 35.2 Å². The number of nitrogens with one attached hydrogen (secondary N) is 1. The fraction of sp³-hybridized carbons (Fsp3) is 0.395. The Bertz CT molecular complexity index is 1630. The molecular weight excluding hydrogens is 574 g/mol. The molecule has 8 nitrogen and oxygen atoms in total. The predicted octanol–water partition coefficient (Wildman–Crippen LogP) is 6.10. The maximum atomic E-state index is 14.5. The highest BCUT2D eigenvalue weighted by Crippen LogP contribution is 2.34. The minimum absolute atomic E-state index is 0.121. The lowest BCUT2D eigenvalue weighted by atomic mass is 9.93. The third-order valence-corrected chi connectivity index (χ3v) is 9.48. The molecule has 0 aliphatic carbocycles. The largest absolute Gasteiger partial charge is 0.484 e. The van der Waals surface area contributed by atoms with Crippen molar-refractivity contribution in [3.63, 3.8) is 0 Å². The zero-order chi connectivity index (χ0) is 31.9. The molecule has 2 saturated heterocycles. The van der Waals surface area contributed by atoms with Gasteiger partial charge in [-0.05, 0) is 76.0 Å². The second-order valence-corrected chi connectivity index (χ2v) is 12.6. The van der Waals surface area contributed by atoms with Gasteiger partial charge in [0.1, 0.15) is 5.75 Å². The van der Waals surface area contributed by atoms with E-state index in [-0.39, 0.29) is 18.6 Å². The number of benzene rings is 3. The van der Waals surface area contributed by atoms with Gasteiger partial charge in [0.2, 0.25) is 0 Å². The summed E-state index contributed by atoms with van der Waals surface area (Å²) in [5.74, 6) is -0.194. The molecule has 240 valence electrons. The number of fused-ring (bicyclic) bond motifs is 1. The van der Waals surface area contributed by atoms with Crippen molar-refractivity contribution in [3.05, 3.63) is 95.6 Å². The number of ether oxygens (including phenoxy) is 1. The van der Waals surface area contributed by atoms with Gasteiger partial charge in [-0.2, -0.15) is 0 Å². The number of carbonyl (C=O) groups is 2. The molecule has 0 radical (unpaired) electrons. The summed E-state index contributed by atoms with van der Waals surface area (Å²) in [6.07, 6.45) is 6.98. The fourth-order valence-electron chi connectivity index (χ4n) is 7.06. The molecule has 2 fully saturated rings. The summed E-state index contributed by atoms with van der Waals surface area (Å²) < 4.78 is 5.65. The van der Waals surface area contributed by atoms with Crippen molar-refractivity contribution in [2.45, 2.75) is 64.1 Å². The molecule has 0 unspecified atom stereocenters. The zero-order valence-electron chi connectivity index (χ0n) is 26.8. The van der Waals surface area contributed by atoms with E-state index in [9.17, 15) is 9.59 Å². The van der Waals surface area contributed by atoms with Crippen molar-refractivity contribution in [3.8, 4) is 17.0 Å². The molecule has 46 heavy (non-hydrogen) atoms. The molecule has 3 aromatic carbocycles. The molecule has 3 N–H and O–H groups in total. The Morgan fingerprint density at radius 1 is 0.935 bits per heavy atom. The average Bonchev–Trinajstić information content (AvgIpc) is 3.10. The number of rotatable bonds is 11. The van der Waals surface area contributed by atoms with E-state index in [1.165, 1.54) is 32.4 Å². The number of primary amides is 1. The average molecular weight is 620 g/mol. The van der Waals surface area contributed by atoms with E-state index in [2.05, 4.69) is 34.2 Å². The number of amides is 2. The van der Waals surface area contributed by atoms with Gasteiger partial charge >= 0.3 is 0 Å². The fourth-order valence-corrected chi connectivity index (χ4v) is 7.06. The Hall–Kier alpha value is -4.27. The van der Waals surface area contributed by atoms with Gasteiger partial charge in [0.05, 0.1) is 22.8 Å². The van der Waals surface area contributed by atoms with Crippen molar-refractivity contribution in [2.75, 3.05) is 32.8 Å². The SMILES string of the molecule is CC[C@@H](NC(=O)c1c(CN2CCC(N3CCCCC3)CC2)c(-c2ccccc2)nc2cc(OCC(N)=O)ccc12)c1ccccc1. The highest BCUT2D eigenvalue weighted by atomic mass is 16.5. The monoisotopic (exact) mass is 619 g/mol. The van der Waals surface area contributed by atoms with Crippen LogP contribution in [0.4, 0.5) is 0 Å². The van der Waals surface area contributed by atoms with Gasteiger partial charge in [-0.25, -0.2) is 4.98 Å². The van der Waals surface area contributed by atoms with E-state index in [1.807, 2.05) is 54.6 Å². The minimum atomic E-state index is -0.552. The van der Waals surface area contributed by atoms with Crippen LogP contribution in [0.15, 0.2) is 78.9 Å². The van der Waals surface area contributed by atoms with Crippen LogP contribution < -0.4 is 15.8 Å². The number of likely N-dealkylation sites (tertiary alicyclic amines) is 2. The standard InChI is InChI=1S/C38H45N5O3/c1-2-33(27-12-6-3-7-13-27)41-38(45)36-31-17-16-30(46-26-35(39)44)24-34(31)40-37(28-14-8-4-9-15-28)32(36)25-42-22-18-29(19-23-42)43-20-10-5-11-21-43/h3-4,6-9,12-17,24,29,33H,2,5,10-11,18-23,25-26H2,1H3,(H2,39,44)(H,41,45)/t33-/m1/s1. The highest BCUT2D eigenvalue weighted by Gasteiger charge is 2.29. The van der Waals surface area contributed by atoms with Crippen LogP contribution in [0.1, 0.15) is 73.0 Å². The quantitative estimate of drug-likeness (QED) is 0.211. The van der Waals surface area contributed by atoms with Crippen LogP contribution in [0.25, 0.3) is 22.2 Å². The van der Waals surface area contributed by atoms with Crippen molar-refractivity contribution in [1.29, 1.82) is 0 Å². The number of nitrogens with two attached hydrogens (primary N) is 1. The second kappa shape index (κ2) is 14.9. The molecule has 2 aliphatic heterocycles. The molecule has 6 rings (SSSR count). The van der Waals surface area contributed by atoms with Crippen LogP contribution in [0.2, 0.25) is 0 Å². The van der Waals surface area contributed by atoms with E-state index < -0.39 is 5.91 Å². The van der Waals surface area contributed by atoms with Crippen LogP contribution >= 0.6 is 0 Å². The van der Waals surface area contributed by atoms with Gasteiger partial charge < -0.3 is 20.7 Å². The summed E-state index contributed by atoms with van der Waals surface area (Å²) in [4.78, 5) is 36.3. The van der Waals surface area contributed by atoms with Crippen LogP contribution in [-0.4, -0.2) is 65.4 Å². The molecule has 1 aromatic heterocycles. The highest BCUT2D eigenvalue weighted by molar-refractivity contribution is 6.09. The summed E-state index contributed by atoms with van der Waals surface area (Å²) in [5, 5.41) is 4.12. The molecule has 0 saturated carbocycles. The number of hydrogen-bond donors (Lipinski definition) is 2. The maximum absolute atomic E-state index is 14.5. The summed E-state index contributed by atoms with van der Waals surface area (Å²) >= 11 is 0. The number of piperidine rings is 2. The zero-order valence-corrected chi connectivity index (χ0v) is 26.8. The molecule has 0 spiro atoms. The number of aromatic nitrogens is 1. The summed E-state index contributed by atoms with van der Waals surface area (Å²) in [6.45, 7) is 6.88. The van der Waals surface area contributed by atoms with Crippen LogP contribution in [0, 0.1) is 0 Å².